The first-order valence-corrected chi connectivity index (χ1v) is 8.79. The first-order chi connectivity index (χ1) is 10.0. The van der Waals surface area contributed by atoms with E-state index >= 15 is 0 Å². The molecule has 0 heterocycles. The Bertz CT molecular complexity index is 289. The standard InChI is InChI=1S/C15H30N2O3Si/c1-6-19-10-8-11-20-21-12-7-9-16-15(18)17(13(2)3)14(4)5/h8,10,13-14H,6-7,9,11-12H2,1-5H3,(H,16,18). The molecular weight excluding hydrogens is 284 g/mol. The van der Waals surface area contributed by atoms with Gasteiger partial charge < -0.3 is 19.4 Å². The Morgan fingerprint density at radius 1 is 1.29 bits per heavy atom. The van der Waals surface area contributed by atoms with Crippen LogP contribution in [0.1, 0.15) is 41.0 Å². The highest BCUT2D eigenvalue weighted by atomic mass is 28.2. The molecule has 5 nitrogen and oxygen atoms in total. The summed E-state index contributed by atoms with van der Waals surface area (Å²) in [7, 11) is 0.461. The second-order valence-electron chi connectivity index (χ2n) is 5.21. The minimum absolute atomic E-state index is 0.0175. The third-order valence-electron chi connectivity index (χ3n) is 2.72. The fourth-order valence-electron chi connectivity index (χ4n) is 1.90. The molecule has 0 aliphatic heterocycles. The van der Waals surface area contributed by atoms with Crippen LogP contribution in [-0.4, -0.2) is 52.5 Å². The summed E-state index contributed by atoms with van der Waals surface area (Å²) in [5.41, 5.74) is 0. The SMILES string of the molecule is CCOC=CCO[Si]CCCNC(=O)N(C(C)C)C(C)C. The molecule has 2 amide bonds. The van der Waals surface area contributed by atoms with E-state index in [-0.39, 0.29) is 18.1 Å². The molecule has 0 aromatic heterocycles. The number of rotatable bonds is 11. The van der Waals surface area contributed by atoms with E-state index in [0.29, 0.717) is 29.5 Å². The van der Waals surface area contributed by atoms with Crippen molar-refractivity contribution < 1.29 is 14.0 Å². The van der Waals surface area contributed by atoms with Gasteiger partial charge >= 0.3 is 6.03 Å². The van der Waals surface area contributed by atoms with E-state index in [9.17, 15) is 4.79 Å². The number of ether oxygens (including phenoxy) is 1. The van der Waals surface area contributed by atoms with E-state index in [1.54, 1.807) is 6.26 Å². The second kappa shape index (κ2) is 12.7. The van der Waals surface area contributed by atoms with Crippen LogP contribution >= 0.6 is 0 Å². The summed E-state index contributed by atoms with van der Waals surface area (Å²) in [6, 6.07) is 1.41. The van der Waals surface area contributed by atoms with Gasteiger partial charge in [-0.3, -0.25) is 0 Å². The van der Waals surface area contributed by atoms with E-state index in [4.69, 9.17) is 9.16 Å². The Morgan fingerprint density at radius 3 is 2.52 bits per heavy atom. The number of nitrogens with zero attached hydrogens (tertiary/aromatic N) is 1. The van der Waals surface area contributed by atoms with Crippen LogP contribution < -0.4 is 5.32 Å². The fourth-order valence-corrected chi connectivity index (χ4v) is 2.57. The molecule has 0 saturated carbocycles. The molecule has 0 unspecified atom stereocenters. The van der Waals surface area contributed by atoms with Crippen molar-refractivity contribution in [3.8, 4) is 0 Å². The normalized spacial score (nSPS) is 11.4. The maximum Gasteiger partial charge on any atom is 0.317 e. The summed E-state index contributed by atoms with van der Waals surface area (Å²) in [5, 5.41) is 2.97. The monoisotopic (exact) mass is 314 g/mol. The molecule has 0 atom stereocenters. The van der Waals surface area contributed by atoms with Crippen molar-refractivity contribution in [3.63, 3.8) is 0 Å². The lowest BCUT2D eigenvalue weighted by Gasteiger charge is -2.30. The van der Waals surface area contributed by atoms with Gasteiger partial charge in [-0.2, -0.15) is 0 Å². The summed E-state index contributed by atoms with van der Waals surface area (Å²) in [4.78, 5) is 13.9. The molecule has 0 aromatic rings. The van der Waals surface area contributed by atoms with Crippen LogP contribution in [0.4, 0.5) is 4.79 Å². The average Bonchev–Trinajstić information content (AvgIpc) is 2.40. The first kappa shape index (κ1) is 20.0. The third-order valence-corrected chi connectivity index (χ3v) is 3.65. The highest BCUT2D eigenvalue weighted by Crippen LogP contribution is 2.05. The number of amides is 2. The Kier molecular flexibility index (Phi) is 12.1. The molecule has 21 heavy (non-hydrogen) atoms. The topological polar surface area (TPSA) is 50.8 Å². The summed E-state index contributed by atoms with van der Waals surface area (Å²) in [5.74, 6) is 0. The maximum absolute atomic E-state index is 12.0. The minimum atomic E-state index is 0.0175. The summed E-state index contributed by atoms with van der Waals surface area (Å²) in [6.07, 6.45) is 4.46. The minimum Gasteiger partial charge on any atom is -0.502 e. The predicted molar refractivity (Wildman–Crippen MR) is 87.4 cm³/mol. The first-order valence-electron chi connectivity index (χ1n) is 7.68. The van der Waals surface area contributed by atoms with Crippen LogP contribution in [0.25, 0.3) is 0 Å². The van der Waals surface area contributed by atoms with Crippen LogP contribution in [0.3, 0.4) is 0 Å². The highest BCUT2D eigenvalue weighted by Gasteiger charge is 2.18. The molecule has 1 N–H and O–H groups in total. The van der Waals surface area contributed by atoms with E-state index < -0.39 is 0 Å². The Balaban J connectivity index is 3.60. The van der Waals surface area contributed by atoms with Gasteiger partial charge in [0.1, 0.15) is 0 Å². The van der Waals surface area contributed by atoms with E-state index in [1.807, 2.05) is 45.6 Å². The average molecular weight is 315 g/mol. The molecule has 122 valence electrons. The van der Waals surface area contributed by atoms with Gasteiger partial charge in [-0.1, -0.05) is 0 Å². The van der Waals surface area contributed by atoms with E-state index in [0.717, 1.165) is 12.5 Å². The lowest BCUT2D eigenvalue weighted by molar-refractivity contribution is 0.165. The number of hydrogen-bond acceptors (Lipinski definition) is 3. The second-order valence-corrected chi connectivity index (χ2v) is 6.29. The lowest BCUT2D eigenvalue weighted by Crippen LogP contribution is -2.47. The zero-order valence-corrected chi connectivity index (χ0v) is 15.0. The Morgan fingerprint density at radius 2 is 1.95 bits per heavy atom. The molecule has 0 bridgehead atoms. The van der Waals surface area contributed by atoms with Gasteiger partial charge in [-0.05, 0) is 53.2 Å². The van der Waals surface area contributed by atoms with Gasteiger partial charge in [-0.15, -0.1) is 0 Å². The fraction of sp³-hybridized carbons (Fsp3) is 0.800. The largest absolute Gasteiger partial charge is 0.502 e. The Labute approximate surface area is 132 Å². The maximum atomic E-state index is 12.0. The van der Waals surface area contributed by atoms with E-state index in [2.05, 4.69) is 5.32 Å². The highest BCUT2D eigenvalue weighted by molar-refractivity contribution is 6.27. The van der Waals surface area contributed by atoms with Crippen LogP contribution in [0.2, 0.25) is 6.04 Å². The lowest BCUT2D eigenvalue weighted by atomic mass is 10.2. The number of nitrogens with one attached hydrogen (secondary N) is 1. The van der Waals surface area contributed by atoms with Crippen LogP contribution in [0.5, 0.6) is 0 Å². The smallest absolute Gasteiger partial charge is 0.317 e. The molecule has 0 fully saturated rings. The zero-order chi connectivity index (χ0) is 16.1. The van der Waals surface area contributed by atoms with Gasteiger partial charge in [0.15, 0.2) is 0 Å². The van der Waals surface area contributed by atoms with Crippen LogP contribution in [-0.2, 0) is 9.16 Å². The van der Waals surface area contributed by atoms with Crippen LogP contribution in [0.15, 0.2) is 12.3 Å². The third kappa shape index (κ3) is 10.4. The Hall–Kier alpha value is -1.01. The predicted octanol–water partition coefficient (Wildman–Crippen LogP) is 2.81. The van der Waals surface area contributed by atoms with Crippen molar-refractivity contribution in [1.29, 1.82) is 0 Å². The van der Waals surface area contributed by atoms with Crippen molar-refractivity contribution in [3.05, 3.63) is 12.3 Å². The zero-order valence-electron chi connectivity index (χ0n) is 14.0. The van der Waals surface area contributed by atoms with Gasteiger partial charge in [0.2, 0.25) is 9.76 Å². The summed E-state index contributed by atoms with van der Waals surface area (Å²) < 4.78 is 10.5. The quantitative estimate of drug-likeness (QED) is 0.362. The number of carbonyl (C=O) groups excluding carboxylic acids is 1. The number of hydrogen-bond donors (Lipinski definition) is 1. The molecule has 2 radical (unpaired) electrons. The van der Waals surface area contributed by atoms with Crippen molar-refractivity contribution in [2.24, 2.45) is 0 Å². The van der Waals surface area contributed by atoms with Crippen molar-refractivity contribution in [2.45, 2.75) is 59.2 Å². The number of urea groups is 1. The molecule has 0 spiro atoms. The molecule has 6 heteroatoms. The van der Waals surface area contributed by atoms with E-state index in [1.165, 1.54) is 0 Å². The van der Waals surface area contributed by atoms with Crippen molar-refractivity contribution in [2.75, 3.05) is 19.8 Å². The molecule has 0 rings (SSSR count). The van der Waals surface area contributed by atoms with Crippen molar-refractivity contribution >= 4 is 15.8 Å². The van der Waals surface area contributed by atoms with Gasteiger partial charge in [0.25, 0.3) is 0 Å². The molecule has 0 aliphatic carbocycles. The molecule has 0 aromatic carbocycles. The van der Waals surface area contributed by atoms with Gasteiger partial charge in [0.05, 0.1) is 19.5 Å². The van der Waals surface area contributed by atoms with Crippen LogP contribution in [0, 0.1) is 0 Å². The molecular formula is C15H30N2O3Si. The summed E-state index contributed by atoms with van der Waals surface area (Å²) in [6.45, 7) is 12.0. The molecule has 0 saturated heterocycles. The number of carbonyl (C=O) groups is 1. The van der Waals surface area contributed by atoms with Gasteiger partial charge in [-0.25, -0.2) is 4.79 Å². The van der Waals surface area contributed by atoms with Gasteiger partial charge in [0, 0.05) is 18.6 Å². The van der Waals surface area contributed by atoms with Crippen molar-refractivity contribution in [1.82, 2.24) is 10.2 Å². The molecule has 0 aliphatic rings. The summed E-state index contributed by atoms with van der Waals surface area (Å²) >= 11 is 0.